The van der Waals surface area contributed by atoms with Gasteiger partial charge in [0, 0.05) is 59.6 Å². The number of nitrogens with zero attached hydrogens (tertiary/aromatic N) is 5. The average Bonchev–Trinajstić information content (AvgIpc) is 3.13. The Morgan fingerprint density at radius 1 is 1.07 bits per heavy atom. The summed E-state index contributed by atoms with van der Waals surface area (Å²) in [6, 6.07) is 7.42. The van der Waals surface area contributed by atoms with Crippen LogP contribution in [-0.2, 0) is 25.5 Å². The van der Waals surface area contributed by atoms with Crippen molar-refractivity contribution in [1.29, 1.82) is 0 Å². The first kappa shape index (κ1) is 33.7. The molecule has 2 aliphatic rings. The first-order chi connectivity index (χ1) is 21.0. The Morgan fingerprint density at radius 3 is 2.57 bits per heavy atom. The number of para-hydroxylation sites is 2. The van der Waals surface area contributed by atoms with Crippen molar-refractivity contribution in [3.05, 3.63) is 30.1 Å². The number of imidazole rings is 1. The molecular formula is C33H51N5O6. The van der Waals surface area contributed by atoms with Gasteiger partial charge >= 0.3 is 6.09 Å². The number of piperidine rings is 1. The molecule has 11 nitrogen and oxygen atoms in total. The highest BCUT2D eigenvalue weighted by molar-refractivity contribution is 5.95. The summed E-state index contributed by atoms with van der Waals surface area (Å²) >= 11 is 0. The molecular weight excluding hydrogens is 562 g/mol. The van der Waals surface area contributed by atoms with Gasteiger partial charge < -0.3 is 33.5 Å². The van der Waals surface area contributed by atoms with Crippen LogP contribution in [-0.4, -0.2) is 113 Å². The van der Waals surface area contributed by atoms with Crippen molar-refractivity contribution < 1.29 is 28.6 Å². The summed E-state index contributed by atoms with van der Waals surface area (Å²) in [6.45, 7) is 14.2. The van der Waals surface area contributed by atoms with E-state index in [1.54, 1.807) is 12.0 Å². The summed E-state index contributed by atoms with van der Waals surface area (Å²) in [6.07, 6.45) is 2.47. The zero-order chi connectivity index (χ0) is 31.9. The Hall–Kier alpha value is -3.18. The highest BCUT2D eigenvalue weighted by atomic mass is 16.6. The summed E-state index contributed by atoms with van der Waals surface area (Å²) in [5.41, 5.74) is 0.989. The molecule has 3 amide bonds. The zero-order valence-electron chi connectivity index (χ0n) is 27.4. The number of aryl methyl sites for hydroxylation is 1. The van der Waals surface area contributed by atoms with E-state index in [1.165, 1.54) is 0 Å². The lowest BCUT2D eigenvalue weighted by atomic mass is 9.91. The van der Waals surface area contributed by atoms with Gasteiger partial charge in [0.05, 0.1) is 29.6 Å². The maximum absolute atomic E-state index is 14.6. The quantitative estimate of drug-likeness (QED) is 0.365. The molecule has 2 aliphatic heterocycles. The first-order valence-electron chi connectivity index (χ1n) is 16.1. The summed E-state index contributed by atoms with van der Waals surface area (Å²) in [4.78, 5) is 52.0. The molecule has 11 heteroatoms. The lowest BCUT2D eigenvalue weighted by molar-refractivity contribution is -0.138. The molecule has 0 aliphatic carbocycles. The van der Waals surface area contributed by atoms with E-state index < -0.39 is 17.6 Å². The molecule has 2 atom stereocenters. The van der Waals surface area contributed by atoms with E-state index in [9.17, 15) is 14.4 Å². The predicted molar refractivity (Wildman–Crippen MR) is 168 cm³/mol. The molecule has 1 aromatic heterocycles. The third-order valence-corrected chi connectivity index (χ3v) is 8.05. The molecule has 3 heterocycles. The minimum atomic E-state index is -0.688. The van der Waals surface area contributed by atoms with Crippen molar-refractivity contribution in [3.63, 3.8) is 0 Å². The van der Waals surface area contributed by atoms with Gasteiger partial charge in [-0.05, 0) is 64.5 Å². The van der Waals surface area contributed by atoms with Gasteiger partial charge in [-0.3, -0.25) is 9.59 Å². The molecule has 4 rings (SSSR count). The number of unbranched alkanes of at least 4 members (excludes halogenated alkanes) is 1. The van der Waals surface area contributed by atoms with Crippen LogP contribution in [0.15, 0.2) is 24.3 Å². The normalized spacial score (nSPS) is 19.7. The molecule has 2 fully saturated rings. The van der Waals surface area contributed by atoms with Crippen LogP contribution < -0.4 is 0 Å². The van der Waals surface area contributed by atoms with Crippen molar-refractivity contribution in [1.82, 2.24) is 24.3 Å². The minimum Gasteiger partial charge on any atom is -0.444 e. The lowest BCUT2D eigenvalue weighted by Crippen LogP contribution is -2.58. The van der Waals surface area contributed by atoms with E-state index in [4.69, 9.17) is 19.2 Å². The maximum Gasteiger partial charge on any atom is 0.410 e. The van der Waals surface area contributed by atoms with E-state index in [0.717, 1.165) is 30.3 Å². The number of hydrogen-bond acceptors (Lipinski definition) is 7. The standard InChI is InChI=1S/C33H51N5O6/c1-24(2)21-38(31(40)29-34-27-12-7-8-13-28(27)37(29)15-9-10-17-42-6)26-20-25(30(39)35-14-11-18-43-19-16-35)22-36(23-26)32(41)44-33(3,4)5/h7-8,12-13,24-26H,9-11,14-23H2,1-6H3/t25?,26-/m0/s1. The smallest absolute Gasteiger partial charge is 0.410 e. The van der Waals surface area contributed by atoms with Gasteiger partial charge in [0.1, 0.15) is 5.60 Å². The maximum atomic E-state index is 14.6. The number of rotatable bonds is 10. The molecule has 0 N–H and O–H groups in total. The number of methoxy groups -OCH3 is 1. The number of aromatic nitrogens is 2. The van der Waals surface area contributed by atoms with E-state index >= 15 is 0 Å². The number of likely N-dealkylation sites (tertiary alicyclic amines) is 1. The van der Waals surface area contributed by atoms with Gasteiger partial charge in [0.2, 0.25) is 5.91 Å². The number of fused-ring (bicyclic) bond motifs is 1. The molecule has 1 unspecified atom stereocenters. The highest BCUT2D eigenvalue weighted by Gasteiger charge is 2.41. The van der Waals surface area contributed by atoms with Crippen molar-refractivity contribution in [2.45, 2.75) is 78.5 Å². The second-order valence-corrected chi connectivity index (χ2v) is 13.4. The van der Waals surface area contributed by atoms with Gasteiger partial charge in [-0.2, -0.15) is 0 Å². The number of ether oxygens (including phenoxy) is 3. The molecule has 44 heavy (non-hydrogen) atoms. The monoisotopic (exact) mass is 613 g/mol. The fraction of sp³-hybridized carbons (Fsp3) is 0.697. The average molecular weight is 614 g/mol. The van der Waals surface area contributed by atoms with E-state index in [-0.39, 0.29) is 36.9 Å². The summed E-state index contributed by atoms with van der Waals surface area (Å²) < 4.78 is 18.6. The Labute approximate surface area is 261 Å². The predicted octanol–water partition coefficient (Wildman–Crippen LogP) is 4.44. The van der Waals surface area contributed by atoms with Crippen LogP contribution in [0.1, 0.15) is 70.9 Å². The molecule has 2 saturated heterocycles. The summed E-state index contributed by atoms with van der Waals surface area (Å²) in [5.74, 6) is -0.115. The van der Waals surface area contributed by atoms with Crippen LogP contribution in [0.4, 0.5) is 4.79 Å². The second-order valence-electron chi connectivity index (χ2n) is 13.4. The Bertz CT molecular complexity index is 1260. The van der Waals surface area contributed by atoms with Crippen molar-refractivity contribution >= 4 is 28.9 Å². The molecule has 0 bridgehead atoms. The molecule has 0 radical (unpaired) electrons. The SMILES string of the molecule is COCCCCn1c(C(=O)N(CC(C)C)[C@H]2CC(C(=O)N3CCCOCC3)CN(C(=O)OC(C)(C)C)C2)nc2ccccc21. The topological polar surface area (TPSA) is 106 Å². The lowest BCUT2D eigenvalue weighted by Gasteiger charge is -2.43. The van der Waals surface area contributed by atoms with Crippen LogP contribution in [0.3, 0.4) is 0 Å². The number of carbonyl (C=O) groups is 3. The number of carbonyl (C=O) groups excluding carboxylic acids is 3. The fourth-order valence-electron chi connectivity index (χ4n) is 6.08. The van der Waals surface area contributed by atoms with Gasteiger partial charge in [0.15, 0.2) is 5.82 Å². The van der Waals surface area contributed by atoms with Crippen molar-refractivity contribution in [3.8, 4) is 0 Å². The van der Waals surface area contributed by atoms with Gasteiger partial charge in [-0.1, -0.05) is 26.0 Å². The zero-order valence-corrected chi connectivity index (χ0v) is 27.4. The molecule has 1 aromatic carbocycles. The van der Waals surface area contributed by atoms with E-state index in [2.05, 4.69) is 13.8 Å². The number of hydrogen-bond donors (Lipinski definition) is 0. The largest absolute Gasteiger partial charge is 0.444 e. The number of benzene rings is 1. The molecule has 2 aromatic rings. The second kappa shape index (κ2) is 15.2. The Morgan fingerprint density at radius 2 is 1.84 bits per heavy atom. The fourth-order valence-corrected chi connectivity index (χ4v) is 6.08. The van der Waals surface area contributed by atoms with Crippen molar-refractivity contribution in [2.24, 2.45) is 11.8 Å². The first-order valence-corrected chi connectivity index (χ1v) is 16.1. The molecule has 0 saturated carbocycles. The van der Waals surface area contributed by atoms with Gasteiger partial charge in [-0.15, -0.1) is 0 Å². The van der Waals surface area contributed by atoms with Crippen LogP contribution in [0.5, 0.6) is 0 Å². The molecule has 244 valence electrons. The van der Waals surface area contributed by atoms with E-state index in [1.807, 2.05) is 59.4 Å². The number of amides is 3. The van der Waals surface area contributed by atoms with Crippen LogP contribution >= 0.6 is 0 Å². The van der Waals surface area contributed by atoms with Crippen LogP contribution in [0, 0.1) is 11.8 Å². The van der Waals surface area contributed by atoms with E-state index in [0.29, 0.717) is 58.2 Å². The Balaban J connectivity index is 1.68. The summed E-state index contributed by atoms with van der Waals surface area (Å²) in [5, 5.41) is 0. The third kappa shape index (κ3) is 8.72. The Kier molecular flexibility index (Phi) is 11.6. The molecule has 0 spiro atoms. The van der Waals surface area contributed by atoms with Gasteiger partial charge in [-0.25, -0.2) is 9.78 Å². The summed E-state index contributed by atoms with van der Waals surface area (Å²) in [7, 11) is 1.69. The van der Waals surface area contributed by atoms with Crippen LogP contribution in [0.2, 0.25) is 0 Å². The van der Waals surface area contributed by atoms with Crippen LogP contribution in [0.25, 0.3) is 11.0 Å². The minimum absolute atomic E-state index is 0.00362. The van der Waals surface area contributed by atoms with Crippen molar-refractivity contribution in [2.75, 3.05) is 59.7 Å². The third-order valence-electron chi connectivity index (χ3n) is 8.05. The highest BCUT2D eigenvalue weighted by Crippen LogP contribution is 2.28. The van der Waals surface area contributed by atoms with Gasteiger partial charge in [0.25, 0.3) is 5.91 Å².